The SMILES string of the molecule is CN1C(=O)OC(C)(C)[C@@H]1Cc1ccccc1. The highest BCUT2D eigenvalue weighted by Gasteiger charge is 2.45. The number of cyclic esters (lactones) is 1. The molecule has 1 aromatic carbocycles. The number of carbonyl (C=O) groups excluding carboxylic acids is 1. The minimum atomic E-state index is -0.415. The molecule has 1 aliphatic rings. The molecular formula is C13H17NO2. The van der Waals surface area contributed by atoms with Crippen molar-refractivity contribution in [3.05, 3.63) is 35.9 Å². The summed E-state index contributed by atoms with van der Waals surface area (Å²) in [4.78, 5) is 13.2. The molecule has 1 aliphatic heterocycles. The van der Waals surface area contributed by atoms with Crippen molar-refractivity contribution in [2.24, 2.45) is 0 Å². The van der Waals surface area contributed by atoms with Gasteiger partial charge in [0.15, 0.2) is 0 Å². The Morgan fingerprint density at radius 1 is 1.31 bits per heavy atom. The van der Waals surface area contributed by atoms with Crippen molar-refractivity contribution >= 4 is 6.09 Å². The lowest BCUT2D eigenvalue weighted by Gasteiger charge is -2.26. The summed E-state index contributed by atoms with van der Waals surface area (Å²) in [6.45, 7) is 3.92. The van der Waals surface area contributed by atoms with E-state index in [1.807, 2.05) is 32.0 Å². The molecule has 2 rings (SSSR count). The normalized spacial score (nSPS) is 23.3. The van der Waals surface area contributed by atoms with Crippen LogP contribution >= 0.6 is 0 Å². The highest BCUT2D eigenvalue weighted by atomic mass is 16.6. The van der Waals surface area contributed by atoms with Crippen LogP contribution in [0.1, 0.15) is 19.4 Å². The minimum absolute atomic E-state index is 0.0994. The van der Waals surface area contributed by atoms with Gasteiger partial charge in [-0.15, -0.1) is 0 Å². The van der Waals surface area contributed by atoms with E-state index in [0.717, 1.165) is 6.42 Å². The molecule has 0 N–H and O–H groups in total. The molecule has 3 nitrogen and oxygen atoms in total. The van der Waals surface area contributed by atoms with Gasteiger partial charge in [-0.3, -0.25) is 0 Å². The predicted octanol–water partition coefficient (Wildman–Crippen LogP) is 2.46. The fraction of sp³-hybridized carbons (Fsp3) is 0.462. The van der Waals surface area contributed by atoms with Gasteiger partial charge in [0.1, 0.15) is 5.60 Å². The van der Waals surface area contributed by atoms with Gasteiger partial charge in [0.05, 0.1) is 6.04 Å². The summed E-state index contributed by atoms with van der Waals surface area (Å²) in [5.74, 6) is 0. The van der Waals surface area contributed by atoms with Gasteiger partial charge in [-0.05, 0) is 25.8 Å². The Morgan fingerprint density at radius 3 is 2.44 bits per heavy atom. The van der Waals surface area contributed by atoms with E-state index in [1.54, 1.807) is 11.9 Å². The van der Waals surface area contributed by atoms with E-state index in [4.69, 9.17) is 4.74 Å². The first-order valence-corrected chi connectivity index (χ1v) is 5.50. The summed E-state index contributed by atoms with van der Waals surface area (Å²) < 4.78 is 5.33. The number of hydrogen-bond donors (Lipinski definition) is 0. The summed E-state index contributed by atoms with van der Waals surface area (Å²) in [5, 5.41) is 0. The van der Waals surface area contributed by atoms with Crippen LogP contribution in [0.15, 0.2) is 30.3 Å². The molecule has 86 valence electrons. The molecule has 0 saturated carbocycles. The van der Waals surface area contributed by atoms with E-state index in [1.165, 1.54) is 5.56 Å². The molecule has 1 fully saturated rings. The van der Waals surface area contributed by atoms with Gasteiger partial charge in [0.25, 0.3) is 0 Å². The van der Waals surface area contributed by atoms with Gasteiger partial charge in [-0.25, -0.2) is 4.79 Å². The number of benzene rings is 1. The molecular weight excluding hydrogens is 202 g/mol. The second-order valence-corrected chi connectivity index (χ2v) is 4.79. The zero-order chi connectivity index (χ0) is 11.8. The largest absolute Gasteiger partial charge is 0.441 e. The number of nitrogens with zero attached hydrogens (tertiary/aromatic N) is 1. The number of hydrogen-bond acceptors (Lipinski definition) is 2. The molecule has 1 amide bonds. The highest BCUT2D eigenvalue weighted by molar-refractivity contribution is 5.71. The summed E-state index contributed by atoms with van der Waals surface area (Å²) in [5.41, 5.74) is 0.813. The quantitative estimate of drug-likeness (QED) is 0.764. The predicted molar refractivity (Wildman–Crippen MR) is 62.3 cm³/mol. The fourth-order valence-corrected chi connectivity index (χ4v) is 2.18. The zero-order valence-corrected chi connectivity index (χ0v) is 9.93. The Bertz CT molecular complexity index is 386. The maximum Gasteiger partial charge on any atom is 0.410 e. The molecule has 0 unspecified atom stereocenters. The topological polar surface area (TPSA) is 29.5 Å². The first-order valence-electron chi connectivity index (χ1n) is 5.50. The van der Waals surface area contributed by atoms with Crippen molar-refractivity contribution in [3.8, 4) is 0 Å². The third-order valence-corrected chi connectivity index (χ3v) is 3.18. The van der Waals surface area contributed by atoms with Gasteiger partial charge < -0.3 is 9.64 Å². The van der Waals surface area contributed by atoms with E-state index >= 15 is 0 Å². The summed E-state index contributed by atoms with van der Waals surface area (Å²) in [6, 6.07) is 10.3. The molecule has 1 atom stereocenters. The van der Waals surface area contributed by atoms with Crippen LogP contribution in [0, 0.1) is 0 Å². The van der Waals surface area contributed by atoms with Crippen LogP contribution in [0.5, 0.6) is 0 Å². The molecule has 1 aromatic rings. The molecule has 1 saturated heterocycles. The summed E-state index contributed by atoms with van der Waals surface area (Å²) in [7, 11) is 1.80. The molecule has 0 aromatic heterocycles. The fourth-order valence-electron chi connectivity index (χ4n) is 2.18. The Labute approximate surface area is 96.0 Å². The van der Waals surface area contributed by atoms with Gasteiger partial charge in [0.2, 0.25) is 0 Å². The Hall–Kier alpha value is -1.51. The van der Waals surface area contributed by atoms with Crippen LogP contribution in [-0.4, -0.2) is 29.7 Å². The van der Waals surface area contributed by atoms with Gasteiger partial charge in [-0.1, -0.05) is 30.3 Å². The molecule has 0 radical (unpaired) electrons. The van der Waals surface area contributed by atoms with Gasteiger partial charge >= 0.3 is 6.09 Å². The Balaban J connectivity index is 2.18. The van der Waals surface area contributed by atoms with Crippen LogP contribution in [0.3, 0.4) is 0 Å². The van der Waals surface area contributed by atoms with E-state index in [9.17, 15) is 4.79 Å². The lowest BCUT2D eigenvalue weighted by molar-refractivity contribution is 0.0678. The lowest BCUT2D eigenvalue weighted by atomic mass is 9.92. The maximum absolute atomic E-state index is 11.5. The first kappa shape index (κ1) is 11.0. The van der Waals surface area contributed by atoms with Gasteiger partial charge in [0, 0.05) is 7.05 Å². The van der Waals surface area contributed by atoms with Gasteiger partial charge in [-0.2, -0.15) is 0 Å². The van der Waals surface area contributed by atoms with Crippen molar-refractivity contribution in [3.63, 3.8) is 0 Å². The maximum atomic E-state index is 11.5. The summed E-state index contributed by atoms with van der Waals surface area (Å²) in [6.07, 6.45) is 0.599. The van der Waals surface area contributed by atoms with Crippen LogP contribution in [-0.2, 0) is 11.2 Å². The number of likely N-dealkylation sites (N-methyl/N-ethyl adjacent to an activating group) is 1. The Morgan fingerprint density at radius 2 is 1.94 bits per heavy atom. The standard InChI is InChI=1S/C13H17NO2/c1-13(2)11(14(3)12(15)16-13)9-10-7-5-4-6-8-10/h4-8,11H,9H2,1-3H3/t11-/m0/s1. The third-order valence-electron chi connectivity index (χ3n) is 3.18. The van der Waals surface area contributed by atoms with Crippen molar-refractivity contribution < 1.29 is 9.53 Å². The van der Waals surface area contributed by atoms with E-state index < -0.39 is 5.60 Å². The average Bonchev–Trinajstić information content (AvgIpc) is 2.42. The number of amides is 1. The van der Waals surface area contributed by atoms with Crippen LogP contribution in [0.25, 0.3) is 0 Å². The second kappa shape index (κ2) is 3.81. The first-order chi connectivity index (χ1) is 7.50. The van der Waals surface area contributed by atoms with E-state index in [2.05, 4.69) is 12.1 Å². The van der Waals surface area contributed by atoms with Crippen LogP contribution in [0.2, 0.25) is 0 Å². The lowest BCUT2D eigenvalue weighted by Crippen LogP contribution is -2.41. The average molecular weight is 219 g/mol. The number of ether oxygens (including phenoxy) is 1. The highest BCUT2D eigenvalue weighted by Crippen LogP contribution is 2.30. The Kier molecular flexibility index (Phi) is 2.62. The van der Waals surface area contributed by atoms with Crippen molar-refractivity contribution in [2.45, 2.75) is 31.9 Å². The van der Waals surface area contributed by atoms with E-state index in [0.29, 0.717) is 0 Å². The van der Waals surface area contributed by atoms with Crippen LogP contribution < -0.4 is 0 Å². The molecule has 0 bridgehead atoms. The van der Waals surface area contributed by atoms with E-state index in [-0.39, 0.29) is 12.1 Å². The molecule has 16 heavy (non-hydrogen) atoms. The smallest absolute Gasteiger partial charge is 0.410 e. The number of carbonyl (C=O) groups is 1. The molecule has 0 spiro atoms. The van der Waals surface area contributed by atoms with Crippen molar-refractivity contribution in [2.75, 3.05) is 7.05 Å². The van der Waals surface area contributed by atoms with Crippen LogP contribution in [0.4, 0.5) is 4.79 Å². The van der Waals surface area contributed by atoms with Crippen molar-refractivity contribution in [1.29, 1.82) is 0 Å². The second-order valence-electron chi connectivity index (χ2n) is 4.79. The number of rotatable bonds is 2. The molecule has 1 heterocycles. The minimum Gasteiger partial charge on any atom is -0.441 e. The zero-order valence-electron chi connectivity index (χ0n) is 9.93. The third kappa shape index (κ3) is 1.90. The van der Waals surface area contributed by atoms with Crippen molar-refractivity contribution in [1.82, 2.24) is 4.90 Å². The molecule has 3 heteroatoms. The monoisotopic (exact) mass is 219 g/mol. The summed E-state index contributed by atoms with van der Waals surface area (Å²) >= 11 is 0. The molecule has 0 aliphatic carbocycles.